The highest BCUT2D eigenvalue weighted by atomic mass is 16.5. The molecule has 2 aromatic rings. The SMILES string of the molecule is COc1ccc(CNC(=O)c2cc(N3CCCCC3)ncn2)cc1OC. The van der Waals surface area contributed by atoms with E-state index in [9.17, 15) is 4.79 Å². The van der Waals surface area contributed by atoms with Crippen LogP contribution in [-0.4, -0.2) is 43.2 Å². The van der Waals surface area contributed by atoms with E-state index in [2.05, 4.69) is 20.2 Å². The Morgan fingerprint density at radius 1 is 1.08 bits per heavy atom. The molecule has 0 spiro atoms. The molecule has 0 unspecified atom stereocenters. The zero-order valence-electron chi connectivity index (χ0n) is 15.2. The predicted molar refractivity (Wildman–Crippen MR) is 98.8 cm³/mol. The van der Waals surface area contributed by atoms with Crippen LogP contribution in [-0.2, 0) is 6.54 Å². The van der Waals surface area contributed by atoms with Gasteiger partial charge in [0, 0.05) is 25.7 Å². The Labute approximate surface area is 153 Å². The van der Waals surface area contributed by atoms with E-state index in [0.29, 0.717) is 23.7 Å². The normalized spacial score (nSPS) is 14.0. The van der Waals surface area contributed by atoms with Crippen LogP contribution < -0.4 is 19.7 Å². The van der Waals surface area contributed by atoms with Gasteiger partial charge in [-0.25, -0.2) is 9.97 Å². The molecule has 7 heteroatoms. The molecule has 1 N–H and O–H groups in total. The number of nitrogens with zero attached hydrogens (tertiary/aromatic N) is 3. The smallest absolute Gasteiger partial charge is 0.270 e. The molecule has 0 atom stereocenters. The van der Waals surface area contributed by atoms with Crippen molar-refractivity contribution in [2.75, 3.05) is 32.2 Å². The van der Waals surface area contributed by atoms with Crippen LogP contribution in [0.4, 0.5) is 5.82 Å². The Morgan fingerprint density at radius 3 is 2.58 bits per heavy atom. The second-order valence-electron chi connectivity index (χ2n) is 6.18. The lowest BCUT2D eigenvalue weighted by Gasteiger charge is -2.27. The van der Waals surface area contributed by atoms with Crippen LogP contribution in [0.1, 0.15) is 35.3 Å². The Kier molecular flexibility index (Phi) is 5.88. The van der Waals surface area contributed by atoms with Crippen LogP contribution in [0.15, 0.2) is 30.6 Å². The number of hydrogen-bond acceptors (Lipinski definition) is 6. The summed E-state index contributed by atoms with van der Waals surface area (Å²) in [7, 11) is 3.18. The maximum Gasteiger partial charge on any atom is 0.270 e. The molecular formula is C19H24N4O3. The van der Waals surface area contributed by atoms with Crippen LogP contribution in [0.5, 0.6) is 11.5 Å². The van der Waals surface area contributed by atoms with E-state index in [1.54, 1.807) is 20.3 Å². The van der Waals surface area contributed by atoms with Crippen molar-refractivity contribution in [1.82, 2.24) is 15.3 Å². The molecule has 7 nitrogen and oxygen atoms in total. The largest absolute Gasteiger partial charge is 0.493 e. The average Bonchev–Trinajstić information content (AvgIpc) is 2.72. The molecular weight excluding hydrogens is 332 g/mol. The molecule has 0 aliphatic carbocycles. The summed E-state index contributed by atoms with van der Waals surface area (Å²) in [5.41, 5.74) is 1.29. The number of nitrogens with one attached hydrogen (secondary N) is 1. The number of amides is 1. The van der Waals surface area contributed by atoms with E-state index < -0.39 is 0 Å². The van der Waals surface area contributed by atoms with E-state index in [1.165, 1.54) is 12.7 Å². The topological polar surface area (TPSA) is 76.6 Å². The van der Waals surface area contributed by atoms with Crippen LogP contribution >= 0.6 is 0 Å². The first-order chi connectivity index (χ1) is 12.7. The fraction of sp³-hybridized carbons (Fsp3) is 0.421. The maximum atomic E-state index is 12.5. The third kappa shape index (κ3) is 4.22. The highest BCUT2D eigenvalue weighted by molar-refractivity contribution is 5.92. The van der Waals surface area contributed by atoms with Crippen molar-refractivity contribution in [2.24, 2.45) is 0 Å². The highest BCUT2D eigenvalue weighted by Gasteiger charge is 2.15. The van der Waals surface area contributed by atoms with Gasteiger partial charge in [-0.2, -0.15) is 0 Å². The summed E-state index contributed by atoms with van der Waals surface area (Å²) in [4.78, 5) is 23.1. The van der Waals surface area contributed by atoms with E-state index in [1.807, 2.05) is 18.2 Å². The lowest BCUT2D eigenvalue weighted by atomic mass is 10.1. The van der Waals surface area contributed by atoms with Crippen molar-refractivity contribution < 1.29 is 14.3 Å². The molecule has 1 fully saturated rings. The highest BCUT2D eigenvalue weighted by Crippen LogP contribution is 2.27. The van der Waals surface area contributed by atoms with Gasteiger partial charge in [0.25, 0.3) is 5.91 Å². The fourth-order valence-electron chi connectivity index (χ4n) is 3.03. The molecule has 26 heavy (non-hydrogen) atoms. The van der Waals surface area contributed by atoms with E-state index >= 15 is 0 Å². The second-order valence-corrected chi connectivity index (χ2v) is 6.18. The van der Waals surface area contributed by atoms with Gasteiger partial charge in [0.2, 0.25) is 0 Å². The van der Waals surface area contributed by atoms with Gasteiger partial charge < -0.3 is 19.7 Å². The van der Waals surface area contributed by atoms with Gasteiger partial charge in [0.05, 0.1) is 14.2 Å². The summed E-state index contributed by atoms with van der Waals surface area (Å²) < 4.78 is 10.5. The summed E-state index contributed by atoms with van der Waals surface area (Å²) in [5, 5.41) is 2.89. The summed E-state index contributed by atoms with van der Waals surface area (Å²) in [6, 6.07) is 7.31. The maximum absolute atomic E-state index is 12.5. The van der Waals surface area contributed by atoms with Crippen LogP contribution in [0, 0.1) is 0 Å². The molecule has 1 aliphatic heterocycles. The molecule has 0 bridgehead atoms. The molecule has 3 rings (SSSR count). The Morgan fingerprint density at radius 2 is 1.85 bits per heavy atom. The number of anilines is 1. The number of carbonyl (C=O) groups excluding carboxylic acids is 1. The van der Waals surface area contributed by atoms with Crippen molar-refractivity contribution in [3.8, 4) is 11.5 Å². The molecule has 0 radical (unpaired) electrons. The Balaban J connectivity index is 1.65. The molecule has 1 aromatic heterocycles. The molecule has 1 saturated heterocycles. The first-order valence-corrected chi connectivity index (χ1v) is 8.77. The first-order valence-electron chi connectivity index (χ1n) is 8.77. The number of carbonyl (C=O) groups is 1. The molecule has 0 saturated carbocycles. The van der Waals surface area contributed by atoms with Crippen LogP contribution in [0.25, 0.3) is 0 Å². The van der Waals surface area contributed by atoms with Gasteiger partial charge in [0.15, 0.2) is 11.5 Å². The minimum atomic E-state index is -0.222. The summed E-state index contributed by atoms with van der Waals surface area (Å²) in [6.45, 7) is 2.33. The Hall–Kier alpha value is -2.83. The van der Waals surface area contributed by atoms with Crippen LogP contribution in [0.2, 0.25) is 0 Å². The summed E-state index contributed by atoms with van der Waals surface area (Å²) in [5.74, 6) is 1.88. The molecule has 1 amide bonds. The molecule has 2 heterocycles. The molecule has 1 aromatic carbocycles. The van der Waals surface area contributed by atoms with Crippen molar-refractivity contribution in [2.45, 2.75) is 25.8 Å². The van der Waals surface area contributed by atoms with E-state index in [0.717, 1.165) is 37.3 Å². The molecule has 138 valence electrons. The van der Waals surface area contributed by atoms with Gasteiger partial charge in [-0.15, -0.1) is 0 Å². The van der Waals surface area contributed by atoms with Crippen molar-refractivity contribution in [3.05, 3.63) is 41.9 Å². The zero-order valence-corrected chi connectivity index (χ0v) is 15.2. The summed E-state index contributed by atoms with van der Waals surface area (Å²) in [6.07, 6.45) is 5.02. The quantitative estimate of drug-likeness (QED) is 0.857. The molecule has 1 aliphatic rings. The predicted octanol–water partition coefficient (Wildman–Crippen LogP) is 2.41. The first kappa shape index (κ1) is 18.0. The van der Waals surface area contributed by atoms with Gasteiger partial charge >= 0.3 is 0 Å². The van der Waals surface area contributed by atoms with Gasteiger partial charge in [-0.3, -0.25) is 4.79 Å². The number of aromatic nitrogens is 2. The standard InChI is InChI=1S/C19H24N4O3/c1-25-16-7-6-14(10-17(16)26-2)12-20-19(24)15-11-18(22-13-21-15)23-8-4-3-5-9-23/h6-7,10-11,13H,3-5,8-9,12H2,1-2H3,(H,20,24). The van der Waals surface area contributed by atoms with Crippen molar-refractivity contribution in [1.29, 1.82) is 0 Å². The number of benzene rings is 1. The zero-order chi connectivity index (χ0) is 18.4. The number of rotatable bonds is 6. The lowest BCUT2D eigenvalue weighted by molar-refractivity contribution is 0.0945. The number of piperidine rings is 1. The number of ether oxygens (including phenoxy) is 2. The average molecular weight is 356 g/mol. The number of methoxy groups -OCH3 is 2. The van der Waals surface area contributed by atoms with E-state index in [4.69, 9.17) is 9.47 Å². The fourth-order valence-corrected chi connectivity index (χ4v) is 3.03. The monoisotopic (exact) mass is 356 g/mol. The van der Waals surface area contributed by atoms with Gasteiger partial charge in [0.1, 0.15) is 17.8 Å². The van der Waals surface area contributed by atoms with E-state index in [-0.39, 0.29) is 5.91 Å². The van der Waals surface area contributed by atoms with Crippen molar-refractivity contribution >= 4 is 11.7 Å². The summed E-state index contributed by atoms with van der Waals surface area (Å²) >= 11 is 0. The van der Waals surface area contributed by atoms with Crippen LogP contribution in [0.3, 0.4) is 0 Å². The lowest BCUT2D eigenvalue weighted by Crippen LogP contribution is -2.31. The minimum absolute atomic E-state index is 0.222. The third-order valence-electron chi connectivity index (χ3n) is 4.47. The second kappa shape index (κ2) is 8.51. The van der Waals surface area contributed by atoms with Crippen molar-refractivity contribution in [3.63, 3.8) is 0 Å². The van der Waals surface area contributed by atoms with Gasteiger partial charge in [-0.1, -0.05) is 6.07 Å². The van der Waals surface area contributed by atoms with Gasteiger partial charge in [-0.05, 0) is 37.0 Å². The Bertz CT molecular complexity index is 760. The number of hydrogen-bond donors (Lipinski definition) is 1. The minimum Gasteiger partial charge on any atom is -0.493 e. The third-order valence-corrected chi connectivity index (χ3v) is 4.47.